The lowest BCUT2D eigenvalue weighted by molar-refractivity contribution is 0.759. The number of aromatic nitrogens is 2. The van der Waals surface area contributed by atoms with Crippen molar-refractivity contribution >= 4 is 43.6 Å². The molecule has 0 N–H and O–H groups in total. The first kappa shape index (κ1) is 37.4. The highest BCUT2D eigenvalue weighted by molar-refractivity contribution is 6.10. The zero-order valence-electron chi connectivity index (χ0n) is 35.9. The molecule has 0 aliphatic heterocycles. The number of nitrogens with zero attached hydrogens (tertiary/aromatic N) is 2. The Kier molecular flexibility index (Phi) is 8.60. The summed E-state index contributed by atoms with van der Waals surface area (Å²) in [6, 6.07) is 90.1. The molecule has 12 aromatic rings. The lowest BCUT2D eigenvalue weighted by atomic mass is 9.67. The summed E-state index contributed by atoms with van der Waals surface area (Å²) in [6.07, 6.45) is 0. The van der Waals surface area contributed by atoms with Crippen LogP contribution in [-0.2, 0) is 18.5 Å². The van der Waals surface area contributed by atoms with Gasteiger partial charge in [-0.05, 0) is 103 Å². The molecule has 0 fully saturated rings. The van der Waals surface area contributed by atoms with Gasteiger partial charge in [0.25, 0.3) is 0 Å². The third kappa shape index (κ3) is 5.88. The highest BCUT2D eigenvalue weighted by atomic mass is 15.0. The van der Waals surface area contributed by atoms with Crippen molar-refractivity contribution in [2.24, 2.45) is 0 Å². The van der Waals surface area contributed by atoms with Crippen LogP contribution in [0.4, 0.5) is 0 Å². The van der Waals surface area contributed by atoms with Crippen LogP contribution in [0.2, 0.25) is 0 Å². The smallest absolute Gasteiger partial charge is 0.0713 e. The van der Waals surface area contributed by atoms with Crippen LogP contribution in [0.3, 0.4) is 0 Å². The molecular weight excluding hydrogens is 785 g/mol. The van der Waals surface area contributed by atoms with Gasteiger partial charge in [0.05, 0.1) is 5.41 Å². The largest absolute Gasteiger partial charge is 0.336 e. The molecule has 0 radical (unpaired) electrons. The highest BCUT2D eigenvalue weighted by Gasteiger charge is 2.46. The molecule has 0 saturated heterocycles. The number of benzene rings is 10. The quantitative estimate of drug-likeness (QED) is 0.144. The Morgan fingerprint density at radius 2 is 0.646 bits per heavy atom. The fraction of sp³-hybridized carbons (Fsp3) is 0.0476. The van der Waals surface area contributed by atoms with E-state index in [0.717, 1.165) is 13.1 Å². The third-order valence-electron chi connectivity index (χ3n) is 14.1. The summed E-state index contributed by atoms with van der Waals surface area (Å²) in [5.74, 6) is 0. The maximum atomic E-state index is 2.52. The zero-order chi connectivity index (χ0) is 42.9. The van der Waals surface area contributed by atoms with Gasteiger partial charge in [-0.25, -0.2) is 0 Å². The van der Waals surface area contributed by atoms with E-state index in [1.54, 1.807) is 0 Å². The minimum atomic E-state index is -0.532. The van der Waals surface area contributed by atoms with Crippen LogP contribution in [0.25, 0.3) is 77.0 Å². The lowest BCUT2D eigenvalue weighted by Gasteiger charge is -2.34. The summed E-state index contributed by atoms with van der Waals surface area (Å²) >= 11 is 0. The van der Waals surface area contributed by atoms with E-state index in [2.05, 4.69) is 252 Å². The van der Waals surface area contributed by atoms with Gasteiger partial charge in [-0.1, -0.05) is 206 Å². The Balaban J connectivity index is 0.969. The minimum absolute atomic E-state index is 0.532. The van der Waals surface area contributed by atoms with E-state index >= 15 is 0 Å². The van der Waals surface area contributed by atoms with Crippen LogP contribution in [0, 0.1) is 0 Å². The zero-order valence-corrected chi connectivity index (χ0v) is 35.9. The van der Waals surface area contributed by atoms with Crippen LogP contribution >= 0.6 is 0 Å². The van der Waals surface area contributed by atoms with Gasteiger partial charge < -0.3 is 9.13 Å². The van der Waals surface area contributed by atoms with Crippen molar-refractivity contribution in [2.75, 3.05) is 0 Å². The number of rotatable bonds is 8. The second kappa shape index (κ2) is 15.0. The predicted molar refractivity (Wildman–Crippen MR) is 272 cm³/mol. The maximum Gasteiger partial charge on any atom is 0.0713 e. The van der Waals surface area contributed by atoms with Crippen molar-refractivity contribution < 1.29 is 0 Å². The Morgan fingerprint density at radius 3 is 1.08 bits per heavy atom. The van der Waals surface area contributed by atoms with Gasteiger partial charge in [-0.15, -0.1) is 0 Å². The van der Waals surface area contributed by atoms with E-state index in [4.69, 9.17) is 0 Å². The molecule has 1 aliphatic carbocycles. The fourth-order valence-electron chi connectivity index (χ4n) is 11.2. The molecule has 65 heavy (non-hydrogen) atoms. The van der Waals surface area contributed by atoms with E-state index in [0.29, 0.717) is 0 Å². The van der Waals surface area contributed by atoms with Crippen LogP contribution < -0.4 is 0 Å². The van der Waals surface area contributed by atoms with Crippen LogP contribution in [0.1, 0.15) is 33.4 Å². The first-order chi connectivity index (χ1) is 32.2. The van der Waals surface area contributed by atoms with Gasteiger partial charge in [-0.3, -0.25) is 0 Å². The van der Waals surface area contributed by atoms with E-state index in [1.807, 2.05) is 0 Å². The fourth-order valence-corrected chi connectivity index (χ4v) is 11.2. The molecule has 0 amide bonds. The molecule has 0 bridgehead atoms. The van der Waals surface area contributed by atoms with Gasteiger partial charge in [0, 0.05) is 56.7 Å². The molecule has 0 unspecified atom stereocenters. The molecule has 1 aliphatic rings. The second-order valence-electron chi connectivity index (χ2n) is 17.6. The van der Waals surface area contributed by atoms with Crippen molar-refractivity contribution in [3.8, 4) is 33.4 Å². The molecule has 2 aromatic heterocycles. The Labute approximate surface area is 378 Å². The average molecular weight is 829 g/mol. The second-order valence-corrected chi connectivity index (χ2v) is 17.6. The van der Waals surface area contributed by atoms with Crippen molar-refractivity contribution in [2.45, 2.75) is 18.5 Å². The Hall–Kier alpha value is -8.20. The summed E-state index contributed by atoms with van der Waals surface area (Å²) in [6.45, 7) is 1.51. The van der Waals surface area contributed by atoms with E-state index < -0.39 is 5.41 Å². The number of hydrogen-bond acceptors (Lipinski definition) is 0. The molecule has 2 heterocycles. The normalized spacial score (nSPS) is 12.9. The van der Waals surface area contributed by atoms with Crippen molar-refractivity contribution in [1.29, 1.82) is 0 Å². The standard InChI is InChI=1S/C63H44N2/c1-5-17-45(18-6-1)47-31-35-61-55(39-47)53-25-13-15-27-59(53)64(61)41-43-29-33-51-52-34-30-44(38-58(52)63(57(51)37-43,49-21-9-3-10-22-49)50-23-11-4-12-24-50)42-65-60-28-16-14-26-54(60)56-40-48(32-36-62(56)65)46-19-7-2-8-20-46/h1-40H,41-42H2. The first-order valence-corrected chi connectivity index (χ1v) is 22.7. The third-order valence-corrected chi connectivity index (χ3v) is 14.1. The van der Waals surface area contributed by atoms with E-state index in [-0.39, 0.29) is 0 Å². The first-order valence-electron chi connectivity index (χ1n) is 22.7. The molecule has 0 saturated carbocycles. The topological polar surface area (TPSA) is 9.86 Å². The molecular formula is C63H44N2. The van der Waals surface area contributed by atoms with Crippen LogP contribution in [-0.4, -0.2) is 9.13 Å². The number of hydrogen-bond donors (Lipinski definition) is 0. The van der Waals surface area contributed by atoms with Gasteiger partial charge in [0.2, 0.25) is 0 Å². The monoisotopic (exact) mass is 828 g/mol. The minimum Gasteiger partial charge on any atom is -0.336 e. The van der Waals surface area contributed by atoms with Gasteiger partial charge in [0.15, 0.2) is 0 Å². The molecule has 2 heteroatoms. The molecule has 13 rings (SSSR count). The summed E-state index contributed by atoms with van der Waals surface area (Å²) < 4.78 is 5.03. The predicted octanol–water partition coefficient (Wildman–Crippen LogP) is 15.7. The van der Waals surface area contributed by atoms with Crippen LogP contribution in [0.5, 0.6) is 0 Å². The van der Waals surface area contributed by atoms with E-state index in [1.165, 1.54) is 110 Å². The number of fused-ring (bicyclic) bond motifs is 9. The van der Waals surface area contributed by atoms with Crippen molar-refractivity contribution in [1.82, 2.24) is 9.13 Å². The lowest BCUT2D eigenvalue weighted by Crippen LogP contribution is -2.29. The molecule has 0 spiro atoms. The van der Waals surface area contributed by atoms with Gasteiger partial charge >= 0.3 is 0 Å². The van der Waals surface area contributed by atoms with Crippen molar-refractivity contribution in [3.63, 3.8) is 0 Å². The SMILES string of the molecule is c1ccc(-c2ccc3c(c2)c2ccccc2n3Cc2ccc3c(c2)C(c2ccccc2)(c2ccccc2)c2cc(Cn4c5ccccc5c5cc(-c6ccccc6)ccc54)ccc2-3)cc1. The van der Waals surface area contributed by atoms with Gasteiger partial charge in [0.1, 0.15) is 0 Å². The number of para-hydroxylation sites is 2. The summed E-state index contributed by atoms with van der Waals surface area (Å²) in [5.41, 5.74) is 19.8. The summed E-state index contributed by atoms with van der Waals surface area (Å²) in [4.78, 5) is 0. The van der Waals surface area contributed by atoms with Crippen LogP contribution in [0.15, 0.2) is 243 Å². The summed E-state index contributed by atoms with van der Waals surface area (Å²) in [5, 5.41) is 5.13. The molecule has 0 atom stereocenters. The highest BCUT2D eigenvalue weighted by Crippen LogP contribution is 2.56. The average Bonchev–Trinajstić information content (AvgIpc) is 3.97. The molecule has 10 aromatic carbocycles. The Morgan fingerprint density at radius 1 is 0.277 bits per heavy atom. The van der Waals surface area contributed by atoms with Crippen molar-refractivity contribution in [3.05, 3.63) is 276 Å². The molecule has 2 nitrogen and oxygen atoms in total. The molecule has 306 valence electrons. The van der Waals surface area contributed by atoms with E-state index in [9.17, 15) is 0 Å². The summed E-state index contributed by atoms with van der Waals surface area (Å²) in [7, 11) is 0. The maximum absolute atomic E-state index is 2.52. The van der Waals surface area contributed by atoms with Gasteiger partial charge in [-0.2, -0.15) is 0 Å². The Bertz CT molecular complexity index is 3500.